The summed E-state index contributed by atoms with van der Waals surface area (Å²) in [5.41, 5.74) is 1.52. The number of aromatic amines is 2. The molecule has 1 atom stereocenters. The number of anilines is 1. The molecule has 7 nitrogen and oxygen atoms in total. The van der Waals surface area contributed by atoms with Gasteiger partial charge < -0.3 is 20.0 Å². The molecule has 3 N–H and O–H groups in total. The number of nitrogens with zero attached hydrogens (tertiary/aromatic N) is 1. The van der Waals surface area contributed by atoms with Crippen molar-refractivity contribution in [1.82, 2.24) is 9.97 Å². The third-order valence-corrected chi connectivity index (χ3v) is 3.29. The molecule has 0 radical (unpaired) electrons. The number of nitrogens with one attached hydrogen (secondary N) is 2. The second-order valence-electron chi connectivity index (χ2n) is 4.55. The van der Waals surface area contributed by atoms with Crippen LogP contribution in [0.4, 0.5) is 5.69 Å². The first kappa shape index (κ1) is 11.5. The van der Waals surface area contributed by atoms with Gasteiger partial charge in [-0.05, 0) is 18.2 Å². The Morgan fingerprint density at radius 3 is 2.68 bits per heavy atom. The molecule has 1 amide bonds. The van der Waals surface area contributed by atoms with Gasteiger partial charge in [0.15, 0.2) is 0 Å². The van der Waals surface area contributed by atoms with Crippen molar-refractivity contribution in [2.75, 3.05) is 11.4 Å². The second kappa shape index (κ2) is 3.98. The van der Waals surface area contributed by atoms with E-state index in [0.717, 1.165) is 0 Å². The van der Waals surface area contributed by atoms with Crippen LogP contribution in [0.2, 0.25) is 0 Å². The van der Waals surface area contributed by atoms with Crippen molar-refractivity contribution < 1.29 is 14.7 Å². The Bertz CT molecular complexity index is 730. The van der Waals surface area contributed by atoms with E-state index in [9.17, 15) is 14.4 Å². The molecule has 1 unspecified atom stereocenters. The van der Waals surface area contributed by atoms with Gasteiger partial charge in [-0.25, -0.2) is 4.79 Å². The fourth-order valence-electron chi connectivity index (χ4n) is 2.31. The number of benzene rings is 1. The van der Waals surface area contributed by atoms with Crippen molar-refractivity contribution in [3.05, 3.63) is 28.7 Å². The predicted molar refractivity (Wildman–Crippen MR) is 67.0 cm³/mol. The van der Waals surface area contributed by atoms with Gasteiger partial charge in [-0.1, -0.05) is 0 Å². The van der Waals surface area contributed by atoms with Crippen LogP contribution >= 0.6 is 0 Å². The molecule has 0 spiro atoms. The number of carbonyl (C=O) groups is 2. The highest BCUT2D eigenvalue weighted by Gasteiger charge is 2.35. The second-order valence-corrected chi connectivity index (χ2v) is 4.55. The smallest absolute Gasteiger partial charge is 0.323 e. The van der Waals surface area contributed by atoms with Gasteiger partial charge in [0.25, 0.3) is 0 Å². The minimum atomic E-state index is -0.966. The maximum Gasteiger partial charge on any atom is 0.323 e. The Morgan fingerprint density at radius 2 is 2.00 bits per heavy atom. The summed E-state index contributed by atoms with van der Waals surface area (Å²) in [6, 6.07) is 5.04. The summed E-state index contributed by atoms with van der Waals surface area (Å²) in [6.45, 7) is 0.161. The predicted octanol–water partition coefficient (Wildman–Crippen LogP) is 0.294. The zero-order valence-corrected chi connectivity index (χ0v) is 9.84. The van der Waals surface area contributed by atoms with Gasteiger partial charge in [0, 0.05) is 18.7 Å². The fourth-order valence-corrected chi connectivity index (χ4v) is 2.31. The Hall–Kier alpha value is -2.57. The third-order valence-electron chi connectivity index (χ3n) is 3.29. The highest BCUT2D eigenvalue weighted by molar-refractivity contribution is 6.00. The van der Waals surface area contributed by atoms with Gasteiger partial charge in [-0.3, -0.25) is 9.59 Å². The lowest BCUT2D eigenvalue weighted by atomic mass is 10.1. The first-order valence-electron chi connectivity index (χ1n) is 5.80. The van der Waals surface area contributed by atoms with E-state index in [1.807, 2.05) is 0 Å². The zero-order valence-electron chi connectivity index (χ0n) is 9.84. The average molecular weight is 261 g/mol. The number of carboxylic acid groups (broad SMARTS) is 1. The van der Waals surface area contributed by atoms with Crippen LogP contribution in [0.1, 0.15) is 6.42 Å². The van der Waals surface area contributed by atoms with E-state index >= 15 is 0 Å². The number of aliphatic carboxylic acids is 1. The number of H-pyrrole nitrogens is 2. The van der Waals surface area contributed by atoms with E-state index in [1.165, 1.54) is 4.90 Å². The fraction of sp³-hybridized carbons (Fsp3) is 0.250. The number of amides is 1. The van der Waals surface area contributed by atoms with Gasteiger partial charge in [0.1, 0.15) is 0 Å². The van der Waals surface area contributed by atoms with Crippen LogP contribution in [-0.4, -0.2) is 33.5 Å². The van der Waals surface area contributed by atoms with Crippen molar-refractivity contribution in [3.63, 3.8) is 0 Å². The summed E-state index contributed by atoms with van der Waals surface area (Å²) in [4.78, 5) is 40.5. The Kier molecular flexibility index (Phi) is 2.41. The van der Waals surface area contributed by atoms with Crippen molar-refractivity contribution in [3.8, 4) is 0 Å². The van der Waals surface area contributed by atoms with E-state index in [2.05, 4.69) is 9.97 Å². The van der Waals surface area contributed by atoms with Crippen molar-refractivity contribution in [2.24, 2.45) is 5.92 Å². The van der Waals surface area contributed by atoms with E-state index < -0.39 is 11.9 Å². The quantitative estimate of drug-likeness (QED) is 0.722. The first-order valence-corrected chi connectivity index (χ1v) is 5.80. The molecular formula is C12H11N3O4. The molecule has 0 bridgehead atoms. The van der Waals surface area contributed by atoms with Crippen LogP contribution in [0.25, 0.3) is 11.0 Å². The Morgan fingerprint density at radius 1 is 1.26 bits per heavy atom. The summed E-state index contributed by atoms with van der Waals surface area (Å²) in [5, 5.41) is 8.94. The van der Waals surface area contributed by atoms with Crippen LogP contribution in [0.5, 0.6) is 0 Å². The topological polar surface area (TPSA) is 106 Å². The molecule has 19 heavy (non-hydrogen) atoms. The van der Waals surface area contributed by atoms with Crippen molar-refractivity contribution >= 4 is 28.6 Å². The number of hydrogen-bond donors (Lipinski definition) is 3. The van der Waals surface area contributed by atoms with Crippen LogP contribution in [-0.2, 0) is 9.59 Å². The van der Waals surface area contributed by atoms with E-state index in [0.29, 0.717) is 16.7 Å². The highest BCUT2D eigenvalue weighted by atomic mass is 16.4. The highest BCUT2D eigenvalue weighted by Crippen LogP contribution is 2.26. The normalized spacial score (nSPS) is 19.3. The molecule has 1 aliphatic heterocycles. The molecule has 1 saturated heterocycles. The monoisotopic (exact) mass is 261 g/mol. The number of aromatic nitrogens is 2. The average Bonchev–Trinajstić information content (AvgIpc) is 2.90. The maximum absolute atomic E-state index is 11.8. The van der Waals surface area contributed by atoms with Crippen LogP contribution in [0.15, 0.2) is 23.0 Å². The van der Waals surface area contributed by atoms with Crippen molar-refractivity contribution in [1.29, 1.82) is 0 Å². The lowest BCUT2D eigenvalue weighted by Crippen LogP contribution is -2.25. The van der Waals surface area contributed by atoms with Gasteiger partial charge >= 0.3 is 11.7 Å². The molecule has 2 aromatic rings. The number of carbonyl (C=O) groups excluding carboxylic acids is 1. The van der Waals surface area contributed by atoms with E-state index in [1.54, 1.807) is 18.2 Å². The van der Waals surface area contributed by atoms with E-state index in [-0.39, 0.29) is 24.6 Å². The lowest BCUT2D eigenvalue weighted by molar-refractivity contribution is -0.141. The van der Waals surface area contributed by atoms with Crippen molar-refractivity contribution in [2.45, 2.75) is 6.42 Å². The molecule has 2 heterocycles. The zero-order chi connectivity index (χ0) is 13.6. The molecule has 98 valence electrons. The molecule has 1 aromatic heterocycles. The van der Waals surface area contributed by atoms with Gasteiger partial charge in [0.05, 0.1) is 17.0 Å². The molecule has 1 aliphatic rings. The summed E-state index contributed by atoms with van der Waals surface area (Å²) in [7, 11) is 0. The number of imidazole rings is 1. The lowest BCUT2D eigenvalue weighted by Gasteiger charge is -2.15. The molecule has 0 aliphatic carbocycles. The summed E-state index contributed by atoms with van der Waals surface area (Å²) in [5.74, 6) is -1.86. The van der Waals surface area contributed by atoms with Gasteiger partial charge in [0.2, 0.25) is 5.91 Å². The number of carboxylic acids is 1. The molecule has 1 fully saturated rings. The standard InChI is InChI=1S/C12H11N3O4/c16-10-3-6(11(17)18)5-15(10)7-1-2-8-9(4-7)14-12(19)13-8/h1-2,4,6H,3,5H2,(H,17,18)(H2,13,14,19). The van der Waals surface area contributed by atoms with Crippen LogP contribution in [0.3, 0.4) is 0 Å². The summed E-state index contributed by atoms with van der Waals surface area (Å²) >= 11 is 0. The Labute approximate surface area is 106 Å². The van der Waals surface area contributed by atoms with Crippen LogP contribution < -0.4 is 10.6 Å². The minimum absolute atomic E-state index is 0.0109. The molecule has 1 aromatic carbocycles. The first-order chi connectivity index (χ1) is 9.04. The molecule has 7 heteroatoms. The Balaban J connectivity index is 1.98. The molecular weight excluding hydrogens is 250 g/mol. The summed E-state index contributed by atoms with van der Waals surface area (Å²) in [6.07, 6.45) is 0.0109. The molecule has 3 rings (SSSR count). The molecule has 0 saturated carbocycles. The SMILES string of the molecule is O=C(O)C1CC(=O)N(c2ccc3[nH]c(=O)[nH]c3c2)C1. The van der Waals surface area contributed by atoms with Crippen LogP contribution in [0, 0.1) is 5.92 Å². The van der Waals surface area contributed by atoms with Gasteiger partial charge in [-0.15, -0.1) is 0 Å². The number of fused-ring (bicyclic) bond motifs is 1. The minimum Gasteiger partial charge on any atom is -0.481 e. The van der Waals surface area contributed by atoms with Gasteiger partial charge in [-0.2, -0.15) is 0 Å². The summed E-state index contributed by atoms with van der Waals surface area (Å²) < 4.78 is 0. The largest absolute Gasteiger partial charge is 0.481 e. The number of hydrogen-bond acceptors (Lipinski definition) is 3. The maximum atomic E-state index is 11.8. The van der Waals surface area contributed by atoms with E-state index in [4.69, 9.17) is 5.11 Å². The number of rotatable bonds is 2. The third kappa shape index (κ3) is 1.88.